The minimum atomic E-state index is -1.61. The molecule has 0 aliphatic carbocycles. The van der Waals surface area contributed by atoms with E-state index in [0.29, 0.717) is 20.5 Å². The van der Waals surface area contributed by atoms with Crippen molar-refractivity contribution in [1.82, 2.24) is 25.4 Å². The first-order valence-electron chi connectivity index (χ1n) is 13.7. The number of benzene rings is 1. The second kappa shape index (κ2) is 15.0. The van der Waals surface area contributed by atoms with Crippen LogP contribution in [0.2, 0.25) is 0 Å². The Kier molecular flexibility index (Phi) is 10.8. The van der Waals surface area contributed by atoms with Crippen molar-refractivity contribution in [3.05, 3.63) is 40.7 Å². The maximum atomic E-state index is 13.3. The summed E-state index contributed by atoms with van der Waals surface area (Å²) in [6.45, 7) is 4.31. The molecule has 0 bridgehead atoms. The van der Waals surface area contributed by atoms with Crippen molar-refractivity contribution >= 4 is 86.9 Å². The van der Waals surface area contributed by atoms with Gasteiger partial charge in [0.25, 0.3) is 11.8 Å². The number of hydrogen-bond acceptors (Lipinski definition) is 18. The van der Waals surface area contributed by atoms with Crippen molar-refractivity contribution in [2.45, 2.75) is 36.5 Å². The highest BCUT2D eigenvalue weighted by Crippen LogP contribution is 2.43. The molecule has 48 heavy (non-hydrogen) atoms. The fourth-order valence-electron chi connectivity index (χ4n) is 4.30. The number of fused-ring (bicyclic) bond motifs is 1. The van der Waals surface area contributed by atoms with E-state index in [4.69, 9.17) is 24.8 Å². The lowest BCUT2D eigenvalue weighted by atomic mass is 10.1. The van der Waals surface area contributed by atoms with Crippen LogP contribution in [0.3, 0.4) is 0 Å². The lowest BCUT2D eigenvalue weighted by Crippen LogP contribution is -2.70. The molecule has 2 amide bonds. The molecule has 2 aliphatic rings. The Morgan fingerprint density at radius 3 is 2.56 bits per heavy atom. The highest BCUT2D eigenvalue weighted by Gasteiger charge is 2.54. The smallest absolute Gasteiger partial charge is 0.449 e. The third-order valence-electron chi connectivity index (χ3n) is 6.20. The van der Waals surface area contributed by atoms with Gasteiger partial charge in [0.05, 0.1) is 0 Å². The molecule has 17 nitrogen and oxygen atoms in total. The molecule has 0 radical (unpaired) electrons. The summed E-state index contributed by atoms with van der Waals surface area (Å²) in [4.78, 5) is 71.3. The summed E-state index contributed by atoms with van der Waals surface area (Å²) in [7, 11) is 0. The van der Waals surface area contributed by atoms with Crippen LogP contribution in [-0.4, -0.2) is 90.3 Å². The van der Waals surface area contributed by atoms with Gasteiger partial charge in [0.2, 0.25) is 5.88 Å². The third-order valence-corrected chi connectivity index (χ3v) is 10.4. The van der Waals surface area contributed by atoms with Gasteiger partial charge in [0.1, 0.15) is 28.7 Å². The third kappa shape index (κ3) is 7.86. The molecule has 2 aliphatic heterocycles. The molecule has 2 aromatic heterocycles. The van der Waals surface area contributed by atoms with Crippen molar-refractivity contribution in [2.75, 3.05) is 23.8 Å². The van der Waals surface area contributed by atoms with Crippen LogP contribution in [0.5, 0.6) is 11.5 Å². The number of oxime groups is 1. The topological polar surface area (TPSA) is 235 Å². The number of amides is 2. The number of nitrogens with two attached hydrogens (primary N) is 1. The summed E-state index contributed by atoms with van der Waals surface area (Å²) in [5.41, 5.74) is 6.78. The number of aromatic nitrogens is 3. The first-order valence-corrected chi connectivity index (χ1v) is 17.4. The first-order chi connectivity index (χ1) is 22.9. The van der Waals surface area contributed by atoms with Gasteiger partial charge in [-0.3, -0.25) is 24.1 Å². The Hall–Kier alpha value is -4.73. The van der Waals surface area contributed by atoms with E-state index in [0.717, 1.165) is 11.3 Å². The summed E-state index contributed by atoms with van der Waals surface area (Å²) in [5, 5.41) is 25.9. The van der Waals surface area contributed by atoms with Crippen LogP contribution in [0.1, 0.15) is 26.5 Å². The number of thiazole rings is 1. The largest absolute Gasteiger partial charge is 0.512 e. The molecule has 4 heterocycles. The number of nitrogen functional groups attached to an aromatic ring is 1. The van der Waals surface area contributed by atoms with Crippen LogP contribution in [0, 0.1) is 0 Å². The number of nitrogens with one attached hydrogen (secondary N) is 1. The molecule has 4 N–H and O–H groups in total. The SMILES string of the molecule is CCON=C(C(=O)N[C@@H]1C(=O)N2C(OC(=O)O)=C(CSc3nnc(-c4ccc(OC(C)=O)c(OC(C)=O)c4)s3)CS[C@@H]12)c1csc(N)n1. The van der Waals surface area contributed by atoms with E-state index < -0.39 is 41.3 Å². The summed E-state index contributed by atoms with van der Waals surface area (Å²) >= 11 is 4.88. The molecule has 2 atom stereocenters. The number of nitrogens with zero attached hydrogens (tertiary/aromatic N) is 5. The number of esters is 2. The van der Waals surface area contributed by atoms with E-state index in [-0.39, 0.29) is 52.0 Å². The van der Waals surface area contributed by atoms with Crippen LogP contribution >= 0.6 is 46.2 Å². The zero-order valence-corrected chi connectivity index (χ0v) is 28.4. The van der Waals surface area contributed by atoms with Crippen molar-refractivity contribution in [3.63, 3.8) is 0 Å². The van der Waals surface area contributed by atoms with E-state index in [1.54, 1.807) is 13.0 Å². The average Bonchev–Trinajstić information content (AvgIpc) is 3.68. The number of rotatable bonds is 12. The number of carboxylic acid groups (broad SMARTS) is 1. The molecular formula is C27H25N7O10S4. The van der Waals surface area contributed by atoms with Gasteiger partial charge in [-0.2, -0.15) is 0 Å². The average molecular weight is 736 g/mol. The van der Waals surface area contributed by atoms with Crippen molar-refractivity contribution < 1.29 is 48.1 Å². The predicted molar refractivity (Wildman–Crippen MR) is 175 cm³/mol. The number of ether oxygens (including phenoxy) is 3. The van der Waals surface area contributed by atoms with Gasteiger partial charge in [0.15, 0.2) is 26.7 Å². The van der Waals surface area contributed by atoms with Crippen LogP contribution in [0.4, 0.5) is 9.93 Å². The summed E-state index contributed by atoms with van der Waals surface area (Å²) in [6.07, 6.45) is -1.61. The molecule has 1 saturated heterocycles. The number of anilines is 1. The number of hydrogen-bond donors (Lipinski definition) is 3. The van der Waals surface area contributed by atoms with Gasteiger partial charge in [0, 0.05) is 41.9 Å². The number of thioether (sulfide) groups is 2. The fourth-order valence-corrected chi connectivity index (χ4v) is 8.14. The summed E-state index contributed by atoms with van der Waals surface area (Å²) in [6, 6.07) is 3.60. The maximum Gasteiger partial charge on any atom is 0.512 e. The quantitative estimate of drug-likeness (QED) is 0.0606. The van der Waals surface area contributed by atoms with Gasteiger partial charge in [-0.25, -0.2) is 9.78 Å². The molecular weight excluding hydrogens is 711 g/mol. The first kappa shape index (κ1) is 34.6. The molecule has 252 valence electrons. The molecule has 5 rings (SSSR count). The second-order valence-corrected chi connectivity index (χ2v) is 13.8. The van der Waals surface area contributed by atoms with Crippen LogP contribution in [0.15, 0.2) is 44.5 Å². The Labute approximate surface area is 287 Å². The predicted octanol–water partition coefficient (Wildman–Crippen LogP) is 2.93. The number of carbonyl (C=O) groups excluding carboxylic acids is 4. The Bertz CT molecular complexity index is 1840. The normalized spacial score (nSPS) is 17.3. The highest BCUT2D eigenvalue weighted by molar-refractivity contribution is 8.01. The molecule has 0 spiro atoms. The van der Waals surface area contributed by atoms with Crippen molar-refractivity contribution in [2.24, 2.45) is 5.16 Å². The van der Waals surface area contributed by atoms with E-state index >= 15 is 0 Å². The molecule has 1 aromatic carbocycles. The zero-order valence-electron chi connectivity index (χ0n) is 25.2. The second-order valence-electron chi connectivity index (χ2n) is 9.58. The van der Waals surface area contributed by atoms with Crippen LogP contribution < -0.4 is 20.5 Å². The molecule has 0 unspecified atom stereocenters. The van der Waals surface area contributed by atoms with Gasteiger partial charge in [-0.15, -0.1) is 33.3 Å². The van der Waals surface area contributed by atoms with Crippen LogP contribution in [0.25, 0.3) is 10.6 Å². The minimum absolute atomic E-state index is 0.0355. The summed E-state index contributed by atoms with van der Waals surface area (Å²) < 4.78 is 15.9. The van der Waals surface area contributed by atoms with Crippen LogP contribution in [-0.2, 0) is 28.8 Å². The van der Waals surface area contributed by atoms with Crippen molar-refractivity contribution in [1.29, 1.82) is 0 Å². The Morgan fingerprint density at radius 1 is 1.15 bits per heavy atom. The Morgan fingerprint density at radius 2 is 1.90 bits per heavy atom. The monoisotopic (exact) mass is 735 g/mol. The van der Waals surface area contributed by atoms with E-state index in [9.17, 15) is 29.1 Å². The standard InChI is InChI=1S/C27H25N7O10S4/c1-4-41-33-18(15-10-46-25(28)29-15)20(37)30-19-22(38)34-23(44-27(39)40)14(8-45-24(19)34)9-47-26-32-31-21(48-26)13-5-6-16(42-11(2)35)17(7-13)43-12(3)36/h5-7,10,19,24H,4,8-9H2,1-3H3,(H2,28,29)(H,30,37)(H,39,40)/t19-,24+/m1/s1. The van der Waals surface area contributed by atoms with Gasteiger partial charge in [-0.05, 0) is 25.1 Å². The summed E-state index contributed by atoms with van der Waals surface area (Å²) in [5.74, 6) is -2.03. The lowest BCUT2D eigenvalue weighted by molar-refractivity contribution is -0.148. The molecule has 21 heteroatoms. The number of carbonyl (C=O) groups is 5. The highest BCUT2D eigenvalue weighted by atomic mass is 32.2. The van der Waals surface area contributed by atoms with E-state index in [1.807, 2.05) is 0 Å². The van der Waals surface area contributed by atoms with E-state index in [2.05, 4.69) is 25.7 Å². The van der Waals surface area contributed by atoms with Gasteiger partial charge in [-0.1, -0.05) is 28.3 Å². The molecule has 0 saturated carbocycles. The molecule has 1 fully saturated rings. The van der Waals surface area contributed by atoms with Gasteiger partial charge < -0.3 is 35.2 Å². The minimum Gasteiger partial charge on any atom is -0.449 e. The maximum absolute atomic E-state index is 13.3. The number of β-lactam (4-membered cyclic amide) rings is 1. The van der Waals surface area contributed by atoms with Gasteiger partial charge >= 0.3 is 18.1 Å². The fraction of sp³-hybridized carbons (Fsp3) is 0.296. The van der Waals surface area contributed by atoms with Crippen molar-refractivity contribution in [3.8, 4) is 22.1 Å². The molecule has 3 aromatic rings. The Balaban J connectivity index is 1.29. The lowest BCUT2D eigenvalue weighted by Gasteiger charge is -2.49. The van der Waals surface area contributed by atoms with E-state index in [1.165, 1.54) is 71.1 Å². The zero-order chi connectivity index (χ0) is 34.5.